The fourth-order valence-corrected chi connectivity index (χ4v) is 2.87. The first-order valence-corrected chi connectivity index (χ1v) is 8.40. The summed E-state index contributed by atoms with van der Waals surface area (Å²) in [6, 6.07) is 10.5. The fraction of sp³-hybridized carbons (Fsp3) is 0.176. The zero-order valence-corrected chi connectivity index (χ0v) is 15.1. The lowest BCUT2D eigenvalue weighted by Gasteiger charge is -2.29. The second-order valence-corrected chi connectivity index (χ2v) is 6.75. The number of benzene rings is 2. The topological polar surface area (TPSA) is 58.6 Å². The highest BCUT2D eigenvalue weighted by Crippen LogP contribution is 2.34. The molecule has 1 heterocycles. The number of rotatable bonds is 3. The number of carbonyl (C=O) groups excluding carboxylic acids is 2. The lowest BCUT2D eigenvalue weighted by Crippen LogP contribution is -2.41. The molecule has 0 bridgehead atoms. The molecule has 0 fully saturated rings. The Labute approximate surface area is 152 Å². The van der Waals surface area contributed by atoms with E-state index in [0.29, 0.717) is 22.1 Å². The van der Waals surface area contributed by atoms with E-state index >= 15 is 0 Å². The SMILES string of the molecule is Cc1cc(NC(=O)CN2CC(=O)Oc3ccc(Cl)cc32)ccc1Br. The molecular formula is C17H14BrClN2O3. The first-order chi connectivity index (χ1) is 11.4. The smallest absolute Gasteiger partial charge is 0.331 e. The highest BCUT2D eigenvalue weighted by molar-refractivity contribution is 9.10. The summed E-state index contributed by atoms with van der Waals surface area (Å²) in [5.74, 6) is -0.225. The number of hydrogen-bond acceptors (Lipinski definition) is 4. The molecule has 5 nitrogen and oxygen atoms in total. The van der Waals surface area contributed by atoms with Gasteiger partial charge in [-0.2, -0.15) is 0 Å². The fourth-order valence-electron chi connectivity index (χ4n) is 2.46. The number of nitrogens with zero attached hydrogens (tertiary/aromatic N) is 1. The maximum Gasteiger partial charge on any atom is 0.331 e. The van der Waals surface area contributed by atoms with E-state index in [-0.39, 0.29) is 19.0 Å². The van der Waals surface area contributed by atoms with E-state index in [1.54, 1.807) is 23.1 Å². The molecule has 0 saturated heterocycles. The van der Waals surface area contributed by atoms with Gasteiger partial charge in [-0.3, -0.25) is 4.79 Å². The summed E-state index contributed by atoms with van der Waals surface area (Å²) >= 11 is 9.43. The van der Waals surface area contributed by atoms with Crippen LogP contribution in [0.4, 0.5) is 11.4 Å². The van der Waals surface area contributed by atoms with Crippen molar-refractivity contribution in [1.82, 2.24) is 0 Å². The Kier molecular flexibility index (Phi) is 4.78. The van der Waals surface area contributed by atoms with Crippen LogP contribution >= 0.6 is 27.5 Å². The van der Waals surface area contributed by atoms with Gasteiger partial charge < -0.3 is 15.0 Å². The van der Waals surface area contributed by atoms with Gasteiger partial charge in [0.05, 0.1) is 12.2 Å². The van der Waals surface area contributed by atoms with Gasteiger partial charge in [-0.1, -0.05) is 27.5 Å². The molecule has 0 aliphatic carbocycles. The van der Waals surface area contributed by atoms with E-state index < -0.39 is 5.97 Å². The Morgan fingerprint density at radius 1 is 1.33 bits per heavy atom. The number of amides is 1. The molecule has 0 saturated carbocycles. The van der Waals surface area contributed by atoms with Gasteiger partial charge in [-0.15, -0.1) is 0 Å². The minimum absolute atomic E-state index is 0.000127. The maximum atomic E-state index is 12.3. The molecule has 1 aliphatic heterocycles. The Balaban J connectivity index is 1.76. The molecule has 24 heavy (non-hydrogen) atoms. The normalized spacial score (nSPS) is 13.3. The predicted molar refractivity (Wildman–Crippen MR) is 96.8 cm³/mol. The molecule has 124 valence electrons. The minimum Gasteiger partial charge on any atom is -0.423 e. The van der Waals surface area contributed by atoms with Gasteiger partial charge in [0.1, 0.15) is 6.54 Å². The Morgan fingerprint density at radius 3 is 2.88 bits per heavy atom. The lowest BCUT2D eigenvalue weighted by atomic mass is 10.2. The van der Waals surface area contributed by atoms with E-state index in [4.69, 9.17) is 16.3 Å². The zero-order chi connectivity index (χ0) is 17.3. The number of hydrogen-bond donors (Lipinski definition) is 1. The van der Waals surface area contributed by atoms with Gasteiger partial charge in [-0.05, 0) is 48.9 Å². The number of carbonyl (C=O) groups is 2. The van der Waals surface area contributed by atoms with Gasteiger partial charge in [0.25, 0.3) is 0 Å². The summed E-state index contributed by atoms with van der Waals surface area (Å²) in [6.07, 6.45) is 0. The number of esters is 1. The third kappa shape index (κ3) is 3.71. The van der Waals surface area contributed by atoms with Crippen LogP contribution in [0.3, 0.4) is 0 Å². The van der Waals surface area contributed by atoms with Gasteiger partial charge in [0, 0.05) is 15.2 Å². The van der Waals surface area contributed by atoms with Crippen molar-refractivity contribution >= 4 is 50.8 Å². The number of fused-ring (bicyclic) bond motifs is 1. The van der Waals surface area contributed by atoms with E-state index in [1.807, 2.05) is 25.1 Å². The van der Waals surface area contributed by atoms with Crippen LogP contribution in [-0.2, 0) is 9.59 Å². The summed E-state index contributed by atoms with van der Waals surface area (Å²) < 4.78 is 6.14. The molecule has 0 atom stereocenters. The number of nitrogens with one attached hydrogen (secondary N) is 1. The van der Waals surface area contributed by atoms with Crippen LogP contribution in [0.15, 0.2) is 40.9 Å². The molecule has 1 aliphatic rings. The standard InChI is InChI=1S/C17H14BrClN2O3/c1-10-6-12(3-4-13(10)18)20-16(22)8-21-9-17(23)24-15-5-2-11(19)7-14(15)21/h2-7H,8-9H2,1H3,(H,20,22). The molecular weight excluding hydrogens is 396 g/mol. The molecule has 0 radical (unpaired) electrons. The monoisotopic (exact) mass is 408 g/mol. The first kappa shape index (κ1) is 16.8. The minimum atomic E-state index is -0.405. The highest BCUT2D eigenvalue weighted by Gasteiger charge is 2.26. The Bertz CT molecular complexity index is 825. The molecule has 3 rings (SSSR count). The summed E-state index contributed by atoms with van der Waals surface area (Å²) in [4.78, 5) is 25.7. The number of aryl methyl sites for hydroxylation is 1. The average Bonchev–Trinajstić information content (AvgIpc) is 2.51. The van der Waals surface area contributed by atoms with Crippen LogP contribution in [0.1, 0.15) is 5.56 Å². The van der Waals surface area contributed by atoms with Crippen molar-refractivity contribution in [2.24, 2.45) is 0 Å². The molecule has 1 amide bonds. The second-order valence-electron chi connectivity index (χ2n) is 5.45. The zero-order valence-electron chi connectivity index (χ0n) is 12.8. The third-order valence-electron chi connectivity index (χ3n) is 3.58. The molecule has 1 N–H and O–H groups in total. The molecule has 2 aromatic carbocycles. The maximum absolute atomic E-state index is 12.3. The van der Waals surface area contributed by atoms with Crippen LogP contribution in [0.2, 0.25) is 5.02 Å². The summed E-state index contributed by atoms with van der Waals surface area (Å²) in [5, 5.41) is 3.35. The third-order valence-corrected chi connectivity index (χ3v) is 4.71. The summed E-state index contributed by atoms with van der Waals surface area (Å²) in [6.45, 7) is 1.97. The quantitative estimate of drug-likeness (QED) is 0.619. The predicted octanol–water partition coefficient (Wildman–Crippen LogP) is 3.78. The van der Waals surface area contributed by atoms with Crippen molar-refractivity contribution in [3.05, 3.63) is 51.5 Å². The van der Waals surface area contributed by atoms with Crippen molar-refractivity contribution in [3.8, 4) is 5.75 Å². The van der Waals surface area contributed by atoms with Crippen molar-refractivity contribution in [3.63, 3.8) is 0 Å². The number of halogens is 2. The van der Waals surface area contributed by atoms with Crippen LogP contribution in [-0.4, -0.2) is 25.0 Å². The van der Waals surface area contributed by atoms with Crippen molar-refractivity contribution in [2.75, 3.05) is 23.3 Å². The van der Waals surface area contributed by atoms with E-state index in [0.717, 1.165) is 10.0 Å². The molecule has 0 aromatic heterocycles. The largest absolute Gasteiger partial charge is 0.423 e. The average molecular weight is 410 g/mol. The van der Waals surface area contributed by atoms with E-state index in [9.17, 15) is 9.59 Å². The van der Waals surface area contributed by atoms with Gasteiger partial charge in [0.15, 0.2) is 5.75 Å². The van der Waals surface area contributed by atoms with Gasteiger partial charge >= 0.3 is 5.97 Å². The number of anilines is 2. The van der Waals surface area contributed by atoms with E-state index in [1.165, 1.54) is 0 Å². The first-order valence-electron chi connectivity index (χ1n) is 7.23. The van der Waals surface area contributed by atoms with Crippen molar-refractivity contribution < 1.29 is 14.3 Å². The Hall–Kier alpha value is -2.05. The van der Waals surface area contributed by atoms with Crippen LogP contribution in [0.25, 0.3) is 0 Å². The van der Waals surface area contributed by atoms with Crippen molar-refractivity contribution in [1.29, 1.82) is 0 Å². The summed E-state index contributed by atoms with van der Waals surface area (Å²) in [7, 11) is 0. The molecule has 7 heteroatoms. The van der Waals surface area contributed by atoms with Crippen LogP contribution in [0, 0.1) is 6.92 Å². The number of ether oxygens (including phenoxy) is 1. The van der Waals surface area contributed by atoms with Crippen LogP contribution in [0.5, 0.6) is 5.75 Å². The Morgan fingerprint density at radius 2 is 2.12 bits per heavy atom. The molecule has 0 unspecified atom stereocenters. The van der Waals surface area contributed by atoms with Crippen LogP contribution < -0.4 is 15.0 Å². The molecule has 0 spiro atoms. The van der Waals surface area contributed by atoms with Gasteiger partial charge in [-0.25, -0.2) is 4.79 Å². The lowest BCUT2D eigenvalue weighted by molar-refractivity contribution is -0.133. The van der Waals surface area contributed by atoms with Crippen molar-refractivity contribution in [2.45, 2.75) is 6.92 Å². The van der Waals surface area contributed by atoms with Gasteiger partial charge in [0.2, 0.25) is 5.91 Å². The second kappa shape index (κ2) is 6.83. The highest BCUT2D eigenvalue weighted by atomic mass is 79.9. The van der Waals surface area contributed by atoms with E-state index in [2.05, 4.69) is 21.2 Å². The summed E-state index contributed by atoms with van der Waals surface area (Å²) in [5.41, 5.74) is 2.35. The molecule has 2 aromatic rings.